The average molecular weight is 410 g/mol. The van der Waals surface area contributed by atoms with Crippen molar-refractivity contribution < 1.29 is 4.79 Å². The smallest absolute Gasteiger partial charge is 0.247 e. The lowest BCUT2D eigenvalue weighted by Gasteiger charge is -2.35. The summed E-state index contributed by atoms with van der Waals surface area (Å²) >= 11 is 1.54. The topological polar surface area (TPSA) is 99.7 Å². The molecular formula is C20H23N7OS. The van der Waals surface area contributed by atoms with Crippen LogP contribution in [-0.2, 0) is 4.79 Å². The van der Waals surface area contributed by atoms with Crippen LogP contribution in [-0.4, -0.2) is 42.3 Å². The van der Waals surface area contributed by atoms with Gasteiger partial charge in [0, 0.05) is 24.1 Å². The van der Waals surface area contributed by atoms with Gasteiger partial charge in [-0.1, -0.05) is 0 Å². The number of hydrogen-bond donors (Lipinski definition) is 2. The van der Waals surface area contributed by atoms with Gasteiger partial charge >= 0.3 is 0 Å². The molecule has 1 atom stereocenters. The number of aromatic nitrogens is 5. The number of likely N-dealkylation sites (tertiary alicyclic amines) is 1. The van der Waals surface area contributed by atoms with Crippen LogP contribution in [0.2, 0.25) is 0 Å². The highest BCUT2D eigenvalue weighted by molar-refractivity contribution is 7.13. The second kappa shape index (κ2) is 8.52. The number of nitrogens with one attached hydrogen (secondary N) is 2. The first-order valence-corrected chi connectivity index (χ1v) is 10.5. The van der Waals surface area contributed by atoms with Crippen LogP contribution in [0.25, 0.3) is 6.08 Å². The monoisotopic (exact) mass is 409 g/mol. The Balaban J connectivity index is 1.56. The molecule has 0 radical (unpaired) electrons. The van der Waals surface area contributed by atoms with E-state index in [2.05, 4.69) is 30.2 Å². The van der Waals surface area contributed by atoms with E-state index in [1.807, 2.05) is 30.2 Å². The third-order valence-corrected chi connectivity index (χ3v) is 5.64. The molecule has 29 heavy (non-hydrogen) atoms. The van der Waals surface area contributed by atoms with Gasteiger partial charge in [-0.25, -0.2) is 19.9 Å². The Bertz CT molecular complexity index is 1010. The molecule has 1 aliphatic heterocycles. The Labute approximate surface area is 173 Å². The minimum atomic E-state index is -0.0667. The summed E-state index contributed by atoms with van der Waals surface area (Å²) in [7, 11) is 0. The lowest BCUT2D eigenvalue weighted by Crippen LogP contribution is -2.38. The molecule has 1 aliphatic rings. The van der Waals surface area contributed by atoms with Crippen LogP contribution >= 0.6 is 11.3 Å². The summed E-state index contributed by atoms with van der Waals surface area (Å²) in [4.78, 5) is 35.3. The quantitative estimate of drug-likeness (QED) is 0.622. The molecule has 1 fully saturated rings. The number of H-pyrrole nitrogens is 1. The van der Waals surface area contributed by atoms with Crippen LogP contribution in [0.15, 0.2) is 30.0 Å². The van der Waals surface area contributed by atoms with E-state index < -0.39 is 0 Å². The number of aromatic amines is 1. The summed E-state index contributed by atoms with van der Waals surface area (Å²) in [5.74, 6) is 1.35. The number of amides is 1. The molecule has 3 aromatic rings. The fourth-order valence-electron chi connectivity index (χ4n) is 3.46. The standard InChI is InChI=1S/C20H23N7OS/c1-13-11-29-20(23-13)26-18-9-16(24-14(2)25-18)17-5-3-4-8-27(17)19(28)7-6-15-10-21-12-22-15/h6-7,9-12,17H,3-5,8H2,1-2H3,(H,21,22)(H,23,24,25,26)/b7-6+/t17-/m1/s1. The van der Waals surface area contributed by atoms with Crippen molar-refractivity contribution in [1.29, 1.82) is 0 Å². The number of carbonyl (C=O) groups is 1. The van der Waals surface area contributed by atoms with Crippen molar-refractivity contribution in [3.8, 4) is 0 Å². The molecular weight excluding hydrogens is 386 g/mol. The number of anilines is 2. The highest BCUT2D eigenvalue weighted by Crippen LogP contribution is 2.31. The fourth-order valence-corrected chi connectivity index (χ4v) is 4.16. The van der Waals surface area contributed by atoms with Crippen LogP contribution < -0.4 is 5.32 Å². The number of nitrogens with zero attached hydrogens (tertiary/aromatic N) is 5. The van der Waals surface area contributed by atoms with Crippen molar-refractivity contribution in [3.05, 3.63) is 53.0 Å². The average Bonchev–Trinajstić information content (AvgIpc) is 3.37. The molecule has 4 heterocycles. The van der Waals surface area contributed by atoms with E-state index in [1.165, 1.54) is 11.3 Å². The zero-order valence-electron chi connectivity index (χ0n) is 16.4. The lowest BCUT2D eigenvalue weighted by atomic mass is 9.98. The van der Waals surface area contributed by atoms with Gasteiger partial charge in [0.2, 0.25) is 5.91 Å². The molecule has 0 unspecified atom stereocenters. The van der Waals surface area contributed by atoms with E-state index in [4.69, 9.17) is 0 Å². The van der Waals surface area contributed by atoms with Crippen LogP contribution in [0, 0.1) is 13.8 Å². The van der Waals surface area contributed by atoms with E-state index in [0.717, 1.165) is 41.5 Å². The molecule has 1 saturated heterocycles. The van der Waals surface area contributed by atoms with Crippen molar-refractivity contribution in [2.75, 3.05) is 11.9 Å². The maximum atomic E-state index is 12.9. The molecule has 1 amide bonds. The minimum absolute atomic E-state index is 0.0226. The molecule has 2 N–H and O–H groups in total. The largest absolute Gasteiger partial charge is 0.345 e. The molecule has 0 aromatic carbocycles. The van der Waals surface area contributed by atoms with E-state index in [1.54, 1.807) is 24.7 Å². The van der Waals surface area contributed by atoms with E-state index >= 15 is 0 Å². The Morgan fingerprint density at radius 3 is 2.97 bits per heavy atom. The molecule has 0 aliphatic carbocycles. The molecule has 0 spiro atoms. The first-order chi connectivity index (χ1) is 14.1. The number of hydrogen-bond acceptors (Lipinski definition) is 7. The predicted molar refractivity (Wildman–Crippen MR) is 113 cm³/mol. The first kappa shape index (κ1) is 19.3. The minimum Gasteiger partial charge on any atom is -0.345 e. The third-order valence-electron chi connectivity index (χ3n) is 4.76. The molecule has 0 bridgehead atoms. The zero-order valence-corrected chi connectivity index (χ0v) is 17.2. The van der Waals surface area contributed by atoms with E-state index in [-0.39, 0.29) is 11.9 Å². The lowest BCUT2D eigenvalue weighted by molar-refractivity contribution is -0.129. The second-order valence-corrected chi connectivity index (χ2v) is 7.89. The SMILES string of the molecule is Cc1csc(Nc2cc([C@H]3CCCCN3C(=O)/C=C/c3cnc[nH]3)nc(C)n2)n1. The predicted octanol–water partition coefficient (Wildman–Crippen LogP) is 3.78. The number of imidazole rings is 1. The van der Waals surface area contributed by atoms with Gasteiger partial charge in [0.1, 0.15) is 11.6 Å². The maximum Gasteiger partial charge on any atom is 0.247 e. The highest BCUT2D eigenvalue weighted by Gasteiger charge is 2.28. The Morgan fingerprint density at radius 2 is 2.21 bits per heavy atom. The van der Waals surface area contributed by atoms with Gasteiger partial charge in [-0.05, 0) is 39.2 Å². The molecule has 3 aromatic heterocycles. The van der Waals surface area contributed by atoms with Crippen molar-refractivity contribution in [2.24, 2.45) is 0 Å². The van der Waals surface area contributed by atoms with Crippen molar-refractivity contribution >= 4 is 34.3 Å². The van der Waals surface area contributed by atoms with Gasteiger partial charge in [0.15, 0.2) is 5.13 Å². The van der Waals surface area contributed by atoms with Crippen molar-refractivity contribution in [3.63, 3.8) is 0 Å². The van der Waals surface area contributed by atoms with Crippen molar-refractivity contribution in [2.45, 2.75) is 39.2 Å². The Morgan fingerprint density at radius 1 is 1.31 bits per heavy atom. The number of piperidine rings is 1. The summed E-state index contributed by atoms with van der Waals surface area (Å²) in [6, 6.07) is 1.86. The summed E-state index contributed by atoms with van der Waals surface area (Å²) in [6.07, 6.45) is 9.57. The van der Waals surface area contributed by atoms with Crippen LogP contribution in [0.3, 0.4) is 0 Å². The zero-order chi connectivity index (χ0) is 20.2. The Hall–Kier alpha value is -3.07. The number of thiazole rings is 1. The molecule has 9 heteroatoms. The van der Waals surface area contributed by atoms with Gasteiger partial charge in [-0.2, -0.15) is 0 Å². The molecule has 150 valence electrons. The summed E-state index contributed by atoms with van der Waals surface area (Å²) in [6.45, 7) is 4.55. The van der Waals surface area contributed by atoms with Gasteiger partial charge in [0.25, 0.3) is 0 Å². The van der Waals surface area contributed by atoms with E-state index in [0.29, 0.717) is 18.2 Å². The summed E-state index contributed by atoms with van der Waals surface area (Å²) in [5, 5.41) is 6.05. The number of carbonyl (C=O) groups excluding carboxylic acids is 1. The third kappa shape index (κ3) is 4.68. The van der Waals surface area contributed by atoms with E-state index in [9.17, 15) is 4.79 Å². The summed E-state index contributed by atoms with van der Waals surface area (Å²) < 4.78 is 0. The number of aryl methyl sites for hydroxylation is 2. The Kier molecular flexibility index (Phi) is 5.66. The molecule has 4 rings (SSSR count). The molecule has 8 nitrogen and oxygen atoms in total. The maximum absolute atomic E-state index is 12.9. The van der Waals surface area contributed by atoms with Gasteiger partial charge in [-0.3, -0.25) is 4.79 Å². The summed E-state index contributed by atoms with van der Waals surface area (Å²) in [5.41, 5.74) is 2.63. The number of rotatable bonds is 5. The second-order valence-electron chi connectivity index (χ2n) is 7.03. The van der Waals surface area contributed by atoms with Crippen LogP contribution in [0.1, 0.15) is 48.2 Å². The van der Waals surface area contributed by atoms with Crippen LogP contribution in [0.4, 0.5) is 10.9 Å². The highest BCUT2D eigenvalue weighted by atomic mass is 32.1. The molecule has 0 saturated carbocycles. The van der Waals surface area contributed by atoms with Gasteiger partial charge in [0.05, 0.1) is 35.6 Å². The normalized spacial score (nSPS) is 17.0. The fraction of sp³-hybridized carbons (Fsp3) is 0.350. The van der Waals surface area contributed by atoms with Gasteiger partial charge in [-0.15, -0.1) is 11.3 Å². The van der Waals surface area contributed by atoms with Gasteiger partial charge < -0.3 is 15.2 Å². The van der Waals surface area contributed by atoms with Crippen molar-refractivity contribution in [1.82, 2.24) is 29.8 Å². The first-order valence-electron chi connectivity index (χ1n) is 9.60. The van der Waals surface area contributed by atoms with Crippen LogP contribution in [0.5, 0.6) is 0 Å².